The molecule has 6 aromatic carbocycles. The van der Waals surface area contributed by atoms with E-state index in [1.54, 1.807) is 11.1 Å². The van der Waals surface area contributed by atoms with Crippen LogP contribution in [0.5, 0.6) is 0 Å². The second kappa shape index (κ2) is 16.3. The van der Waals surface area contributed by atoms with Gasteiger partial charge in [0.1, 0.15) is 0 Å². The molecule has 0 nitrogen and oxygen atoms in total. The number of hydrogen-bond donors (Lipinski definition) is 0. The van der Waals surface area contributed by atoms with Crippen LogP contribution in [-0.2, 0) is 15.6 Å². The van der Waals surface area contributed by atoms with Gasteiger partial charge in [-0.05, 0) is 0 Å². The number of allylic oxidation sites excluding steroid dienone is 2. The third kappa shape index (κ3) is 7.03. The van der Waals surface area contributed by atoms with Crippen molar-refractivity contribution in [3.63, 3.8) is 0 Å². The Labute approximate surface area is 368 Å². The number of benzene rings is 6. The van der Waals surface area contributed by atoms with E-state index in [2.05, 4.69) is 148 Å². The second-order valence-electron chi connectivity index (χ2n) is 19.7. The molecule has 0 saturated heterocycles. The van der Waals surface area contributed by atoms with Gasteiger partial charge in [0.15, 0.2) is 0 Å². The van der Waals surface area contributed by atoms with Crippen LogP contribution in [0.15, 0.2) is 120 Å². The molecule has 0 aliphatic heterocycles. The van der Waals surface area contributed by atoms with E-state index in [9.17, 15) is 17.0 Å². The number of rotatable bonds is 9. The molecule has 0 spiro atoms. The molecule has 0 aromatic heterocycles. The molecule has 60 heavy (non-hydrogen) atoms. The molecule has 0 heterocycles. The Bertz CT molecular complexity index is 2510. The van der Waals surface area contributed by atoms with Gasteiger partial charge in [0.2, 0.25) is 0 Å². The molecule has 10 rings (SSSR count). The fraction of sp³-hybridized carbons (Fsp3) is 0.357. The van der Waals surface area contributed by atoms with Gasteiger partial charge >= 0.3 is 371 Å². The summed E-state index contributed by atoms with van der Waals surface area (Å²) in [6.07, 6.45) is 20.9. The van der Waals surface area contributed by atoms with Crippen LogP contribution in [0.1, 0.15) is 118 Å². The van der Waals surface area contributed by atoms with Crippen molar-refractivity contribution in [2.24, 2.45) is 11.8 Å². The van der Waals surface area contributed by atoms with Crippen molar-refractivity contribution < 1.29 is 15.6 Å². The van der Waals surface area contributed by atoms with Crippen LogP contribution < -0.4 is 0 Å². The van der Waals surface area contributed by atoms with Crippen LogP contribution >= 0.6 is 17.0 Å². The number of fused-ring (bicyclic) bond motifs is 4. The van der Waals surface area contributed by atoms with Crippen molar-refractivity contribution in [3.8, 4) is 22.3 Å². The molecule has 0 amide bonds. The summed E-state index contributed by atoms with van der Waals surface area (Å²) in [7, 11) is 18.5. The van der Waals surface area contributed by atoms with E-state index in [-0.39, 0.29) is 7.25 Å². The molecule has 0 bridgehead atoms. The van der Waals surface area contributed by atoms with Crippen LogP contribution in [0.25, 0.3) is 56.0 Å². The molecule has 307 valence electrons. The Morgan fingerprint density at radius 2 is 0.900 bits per heavy atom. The maximum absolute atomic E-state index is 9.27. The van der Waals surface area contributed by atoms with E-state index in [4.69, 9.17) is 0 Å². The van der Waals surface area contributed by atoms with Gasteiger partial charge in [0, 0.05) is 0 Å². The zero-order chi connectivity index (χ0) is 41.2. The maximum atomic E-state index is 9.27. The molecular weight excluding hydrogens is 863 g/mol. The number of hydrogen-bond acceptors (Lipinski definition) is 0. The van der Waals surface area contributed by atoms with Crippen LogP contribution in [0, 0.1) is 25.7 Å². The normalized spacial score (nSPS) is 20.6. The number of aryl methyl sites for hydroxylation is 2. The number of halogens is 2. The van der Waals surface area contributed by atoms with Crippen molar-refractivity contribution in [1.29, 1.82) is 0 Å². The van der Waals surface area contributed by atoms with Crippen LogP contribution in [-0.4, -0.2) is 5.92 Å². The van der Waals surface area contributed by atoms with Gasteiger partial charge in [-0.3, -0.25) is 0 Å². The predicted molar refractivity (Wildman–Crippen MR) is 263 cm³/mol. The standard InChI is InChI=1S/2C27H27.C2H7Si.2ClH.Zr/c2*1-19-11-14-25(24-13-12-22-9-5-6-10-23(22)18-24)27-17-21(16-26(19)27)15-20-7-3-2-4-8-20;1-3-2;;;/h2*5-6,9-14,16-18,20H,2-4,7-8,15H2,1H3;3H,1-2H3;2*1H;/q;;;;;+2/p-2. The summed E-state index contributed by atoms with van der Waals surface area (Å²) >= 11 is -5.12. The first-order valence-corrected chi connectivity index (χ1v) is 39.6. The summed E-state index contributed by atoms with van der Waals surface area (Å²) < 4.78 is 0.210. The van der Waals surface area contributed by atoms with Gasteiger partial charge in [-0.1, -0.05) is 0 Å². The molecule has 6 aromatic rings. The molecule has 2 unspecified atom stereocenters. The Balaban J connectivity index is 1.20. The fourth-order valence-electron chi connectivity index (χ4n) is 12.6. The van der Waals surface area contributed by atoms with Crippen LogP contribution in [0.2, 0.25) is 13.1 Å². The van der Waals surface area contributed by atoms with E-state index in [1.165, 1.54) is 141 Å². The predicted octanol–water partition coefficient (Wildman–Crippen LogP) is 17.4. The van der Waals surface area contributed by atoms with Crippen molar-refractivity contribution in [2.75, 3.05) is 0 Å². The van der Waals surface area contributed by atoms with Crippen molar-refractivity contribution in [3.05, 3.63) is 154 Å². The van der Waals surface area contributed by atoms with E-state index >= 15 is 0 Å². The summed E-state index contributed by atoms with van der Waals surface area (Å²) in [6.45, 7) is 9.84. The summed E-state index contributed by atoms with van der Waals surface area (Å²) in [4.78, 5) is 0. The Morgan fingerprint density at radius 3 is 1.30 bits per heavy atom. The van der Waals surface area contributed by atoms with E-state index < -0.39 is 21.5 Å². The summed E-state index contributed by atoms with van der Waals surface area (Å²) in [5, 5.41) is 5.15. The van der Waals surface area contributed by atoms with Crippen molar-refractivity contribution >= 4 is 56.6 Å². The first-order chi connectivity index (χ1) is 29.1. The molecule has 4 heteroatoms. The summed E-state index contributed by atoms with van der Waals surface area (Å²) in [5.74, 6) is -0.365. The first kappa shape index (κ1) is 41.0. The molecule has 2 atom stereocenters. The molecule has 4 aliphatic rings. The van der Waals surface area contributed by atoms with Gasteiger partial charge in [-0.25, -0.2) is 0 Å². The molecular formula is C56H61Cl2SiZr. The van der Waals surface area contributed by atoms with E-state index in [1.807, 2.05) is 0 Å². The minimum absolute atomic E-state index is 0.105. The SMILES string of the molecule is Cc1ccc(-c2ccc3ccccc3c2)c2c1[CH]([Zr]([Cl])([Cl])([CH]1C(CC3CCCCC3)=Cc3c(-c4ccc5ccccc5c4)ccc(C)c31)[SiH](C)C)C(CC1CCCCC1)=C2. The molecule has 2 saturated carbocycles. The Kier molecular flexibility index (Phi) is 11.1. The summed E-state index contributed by atoms with van der Waals surface area (Å²) in [6, 6.07) is 41.3. The molecule has 2 fully saturated rings. The first-order valence-electron chi connectivity index (χ1n) is 23.3. The van der Waals surface area contributed by atoms with E-state index in [0.717, 1.165) is 12.8 Å². The fourth-order valence-corrected chi connectivity index (χ4v) is 44.0. The second-order valence-corrected chi connectivity index (χ2v) is 62.2. The van der Waals surface area contributed by atoms with Crippen molar-refractivity contribution in [2.45, 2.75) is 111 Å². The average Bonchev–Trinajstić information content (AvgIpc) is 3.86. The molecule has 4 aliphatic carbocycles. The van der Waals surface area contributed by atoms with E-state index in [0.29, 0.717) is 11.8 Å². The van der Waals surface area contributed by atoms with Crippen LogP contribution in [0.4, 0.5) is 0 Å². The molecule has 0 radical (unpaired) electrons. The average molecular weight is 924 g/mol. The van der Waals surface area contributed by atoms with Gasteiger partial charge in [-0.2, -0.15) is 0 Å². The topological polar surface area (TPSA) is 0 Å². The van der Waals surface area contributed by atoms with Gasteiger partial charge in [-0.15, -0.1) is 0 Å². The Hall–Kier alpha value is -3.00. The van der Waals surface area contributed by atoms with Gasteiger partial charge in [0.25, 0.3) is 0 Å². The van der Waals surface area contributed by atoms with Gasteiger partial charge in [0.05, 0.1) is 0 Å². The van der Waals surface area contributed by atoms with Gasteiger partial charge < -0.3 is 0 Å². The third-order valence-corrected chi connectivity index (χ3v) is 67.6. The van der Waals surface area contributed by atoms with Crippen molar-refractivity contribution in [1.82, 2.24) is 0 Å². The Morgan fingerprint density at radius 1 is 0.500 bits per heavy atom. The zero-order valence-electron chi connectivity index (χ0n) is 36.2. The monoisotopic (exact) mass is 921 g/mol. The minimum atomic E-state index is -5.12. The summed E-state index contributed by atoms with van der Waals surface area (Å²) in [5.41, 5.74) is 16.9. The third-order valence-electron chi connectivity index (χ3n) is 15.8. The quantitative estimate of drug-likeness (QED) is 0.127. The van der Waals surface area contributed by atoms with Crippen LogP contribution in [0.3, 0.4) is 0 Å². The zero-order valence-corrected chi connectivity index (χ0v) is 41.3. The molecule has 0 N–H and O–H groups in total.